The molecule has 0 aliphatic rings. The van der Waals surface area contributed by atoms with Crippen LogP contribution in [0.3, 0.4) is 0 Å². The molecule has 2 rings (SSSR count). The van der Waals surface area contributed by atoms with E-state index in [0.29, 0.717) is 18.2 Å². The Hall–Kier alpha value is -1.41. The fourth-order valence-corrected chi connectivity index (χ4v) is 2.53. The molecule has 0 heterocycles. The van der Waals surface area contributed by atoms with E-state index < -0.39 is 5.67 Å². The lowest BCUT2D eigenvalue weighted by Gasteiger charge is -2.13. The van der Waals surface area contributed by atoms with E-state index in [2.05, 4.69) is 13.8 Å². The average Bonchev–Trinajstić information content (AvgIpc) is 2.49. The molecule has 2 aromatic rings. The molecule has 0 fully saturated rings. The second-order valence-corrected chi connectivity index (χ2v) is 7.31. The van der Waals surface area contributed by atoms with Gasteiger partial charge in [-0.3, -0.25) is 0 Å². The molecular formula is C21H27ClF2. The summed E-state index contributed by atoms with van der Waals surface area (Å²) in [6.45, 7) is 7.35. The zero-order valence-electron chi connectivity index (χ0n) is 15.0. The Morgan fingerprint density at radius 3 is 2.08 bits per heavy atom. The number of benzene rings is 2. The molecule has 0 bridgehead atoms. The minimum atomic E-state index is -1.10. The zero-order chi connectivity index (χ0) is 18.2. The van der Waals surface area contributed by atoms with Gasteiger partial charge in [0.25, 0.3) is 0 Å². The summed E-state index contributed by atoms with van der Waals surface area (Å²) in [6.07, 6.45) is 1.28. The van der Waals surface area contributed by atoms with E-state index in [1.807, 2.05) is 42.5 Å². The summed E-state index contributed by atoms with van der Waals surface area (Å²) < 4.78 is 26.4. The minimum absolute atomic E-state index is 0.133. The molecular weight excluding hydrogens is 326 g/mol. The molecule has 0 aliphatic carbocycles. The second kappa shape index (κ2) is 9.78. The maximum Gasteiger partial charge on any atom is 0.126 e. The van der Waals surface area contributed by atoms with E-state index in [9.17, 15) is 8.78 Å². The smallest absolute Gasteiger partial charge is 0.126 e. The van der Waals surface area contributed by atoms with Crippen LogP contribution >= 0.6 is 11.6 Å². The maximum atomic E-state index is 13.3. The summed E-state index contributed by atoms with van der Waals surface area (Å²) in [5.74, 6) is 0.724. The van der Waals surface area contributed by atoms with Crippen molar-refractivity contribution in [2.45, 2.75) is 52.1 Å². The molecule has 0 saturated heterocycles. The molecule has 2 aromatic carbocycles. The molecule has 3 heteroatoms. The van der Waals surface area contributed by atoms with Gasteiger partial charge in [-0.05, 0) is 48.9 Å². The van der Waals surface area contributed by atoms with Crippen LogP contribution in [0.25, 0.3) is 0 Å². The fourth-order valence-electron chi connectivity index (χ4n) is 2.36. The lowest BCUT2D eigenvalue weighted by molar-refractivity contribution is 0.217. The molecule has 0 saturated carbocycles. The van der Waals surface area contributed by atoms with Gasteiger partial charge < -0.3 is 0 Å². The van der Waals surface area contributed by atoms with Gasteiger partial charge in [0.15, 0.2) is 0 Å². The number of hydrogen-bond acceptors (Lipinski definition) is 0. The van der Waals surface area contributed by atoms with Crippen LogP contribution in [0.4, 0.5) is 8.78 Å². The van der Waals surface area contributed by atoms with Crippen molar-refractivity contribution in [2.24, 2.45) is 5.92 Å². The standard InChI is InChI=1S/C11H14ClF.C10H13F/c1-8(2)5-10-4-3-9(7-12)6-11(10)13;1-10(2,11)8-9-6-4-3-5-7-9/h3-4,6,8H,5,7H2,1-2H3;3-7H,8H2,1-2H3. The first-order valence-electron chi connectivity index (χ1n) is 8.27. The number of rotatable bonds is 5. The van der Waals surface area contributed by atoms with E-state index in [0.717, 1.165) is 23.1 Å². The highest BCUT2D eigenvalue weighted by atomic mass is 35.5. The Labute approximate surface area is 149 Å². The zero-order valence-corrected chi connectivity index (χ0v) is 15.7. The normalized spacial score (nSPS) is 11.2. The fraction of sp³-hybridized carbons (Fsp3) is 0.429. The van der Waals surface area contributed by atoms with Gasteiger partial charge >= 0.3 is 0 Å². The van der Waals surface area contributed by atoms with Gasteiger partial charge in [0.1, 0.15) is 11.5 Å². The van der Waals surface area contributed by atoms with Crippen LogP contribution in [-0.4, -0.2) is 5.67 Å². The molecule has 0 nitrogen and oxygen atoms in total. The largest absolute Gasteiger partial charge is 0.244 e. The van der Waals surface area contributed by atoms with Gasteiger partial charge in [0, 0.05) is 12.3 Å². The van der Waals surface area contributed by atoms with Crippen molar-refractivity contribution >= 4 is 11.6 Å². The molecule has 0 unspecified atom stereocenters. The van der Waals surface area contributed by atoms with E-state index >= 15 is 0 Å². The van der Waals surface area contributed by atoms with Crippen LogP contribution in [0.2, 0.25) is 0 Å². The van der Waals surface area contributed by atoms with Crippen molar-refractivity contribution in [1.29, 1.82) is 0 Å². The molecule has 0 N–H and O–H groups in total. The first-order valence-corrected chi connectivity index (χ1v) is 8.81. The molecule has 0 aromatic heterocycles. The van der Waals surface area contributed by atoms with E-state index in [1.54, 1.807) is 13.8 Å². The highest BCUT2D eigenvalue weighted by Crippen LogP contribution is 2.16. The predicted octanol–water partition coefficient (Wildman–Crippen LogP) is 6.74. The predicted molar refractivity (Wildman–Crippen MR) is 99.8 cm³/mol. The first-order chi connectivity index (χ1) is 11.2. The Bertz CT molecular complexity index is 601. The van der Waals surface area contributed by atoms with Crippen molar-refractivity contribution < 1.29 is 8.78 Å². The molecule has 0 atom stereocenters. The van der Waals surface area contributed by atoms with E-state index in [-0.39, 0.29) is 5.82 Å². The van der Waals surface area contributed by atoms with E-state index in [1.165, 1.54) is 6.07 Å². The molecule has 24 heavy (non-hydrogen) atoms. The summed E-state index contributed by atoms with van der Waals surface area (Å²) in [5.41, 5.74) is 1.58. The summed E-state index contributed by atoms with van der Waals surface area (Å²) in [4.78, 5) is 0. The summed E-state index contributed by atoms with van der Waals surface area (Å²) in [5, 5.41) is 0. The molecule has 132 valence electrons. The maximum absolute atomic E-state index is 13.3. The lowest BCUT2D eigenvalue weighted by atomic mass is 10.0. The van der Waals surface area contributed by atoms with Gasteiger partial charge in [-0.25, -0.2) is 8.78 Å². The van der Waals surface area contributed by atoms with Crippen LogP contribution < -0.4 is 0 Å². The third kappa shape index (κ3) is 8.44. The molecule has 0 aliphatic heterocycles. The van der Waals surface area contributed by atoms with Gasteiger partial charge in [-0.1, -0.05) is 56.3 Å². The monoisotopic (exact) mass is 352 g/mol. The van der Waals surface area contributed by atoms with Gasteiger partial charge in [-0.15, -0.1) is 11.6 Å². The second-order valence-electron chi connectivity index (χ2n) is 7.04. The quantitative estimate of drug-likeness (QED) is 0.522. The first kappa shape index (κ1) is 20.6. The number of halogens is 3. The topological polar surface area (TPSA) is 0 Å². The van der Waals surface area contributed by atoms with Crippen molar-refractivity contribution in [2.75, 3.05) is 0 Å². The summed E-state index contributed by atoms with van der Waals surface area (Å²) in [7, 11) is 0. The highest BCUT2D eigenvalue weighted by molar-refractivity contribution is 6.17. The van der Waals surface area contributed by atoms with Crippen molar-refractivity contribution in [1.82, 2.24) is 0 Å². The van der Waals surface area contributed by atoms with Crippen molar-refractivity contribution in [3.05, 3.63) is 71.0 Å². The molecule has 0 amide bonds. The van der Waals surface area contributed by atoms with Gasteiger partial charge in [-0.2, -0.15) is 0 Å². The van der Waals surface area contributed by atoms with Crippen LogP contribution in [0.15, 0.2) is 48.5 Å². The average molecular weight is 353 g/mol. The number of hydrogen-bond donors (Lipinski definition) is 0. The third-order valence-corrected chi connectivity index (χ3v) is 3.68. The van der Waals surface area contributed by atoms with Gasteiger partial charge in [0.2, 0.25) is 0 Å². The van der Waals surface area contributed by atoms with Crippen LogP contribution in [0.1, 0.15) is 44.4 Å². The molecule has 0 spiro atoms. The lowest BCUT2D eigenvalue weighted by Crippen LogP contribution is -2.15. The van der Waals surface area contributed by atoms with Crippen LogP contribution in [0, 0.1) is 11.7 Å². The van der Waals surface area contributed by atoms with Crippen LogP contribution in [0.5, 0.6) is 0 Å². The number of alkyl halides is 2. The minimum Gasteiger partial charge on any atom is -0.244 e. The third-order valence-electron chi connectivity index (χ3n) is 3.37. The molecule has 0 radical (unpaired) electrons. The van der Waals surface area contributed by atoms with E-state index in [4.69, 9.17) is 11.6 Å². The Kier molecular flexibility index (Phi) is 8.41. The summed E-state index contributed by atoms with van der Waals surface area (Å²) >= 11 is 5.59. The van der Waals surface area contributed by atoms with Crippen molar-refractivity contribution in [3.8, 4) is 0 Å². The Morgan fingerprint density at radius 2 is 1.62 bits per heavy atom. The van der Waals surface area contributed by atoms with Gasteiger partial charge in [0.05, 0.1) is 0 Å². The van der Waals surface area contributed by atoms with Crippen molar-refractivity contribution in [3.63, 3.8) is 0 Å². The SMILES string of the molecule is CC(C)(F)Cc1ccccc1.CC(C)Cc1ccc(CCl)cc1F. The Morgan fingerprint density at radius 1 is 1.00 bits per heavy atom. The van der Waals surface area contributed by atoms with Crippen LogP contribution in [-0.2, 0) is 18.7 Å². The Balaban J connectivity index is 0.000000243. The summed E-state index contributed by atoms with van der Waals surface area (Å²) in [6, 6.07) is 14.9. The highest BCUT2D eigenvalue weighted by Gasteiger charge is 2.15.